The third kappa shape index (κ3) is 0.888. The molecule has 2 rings (SSSR count). The van der Waals surface area contributed by atoms with Crippen LogP contribution in [0.15, 0.2) is 18.6 Å². The lowest BCUT2D eigenvalue weighted by atomic mass is 10.3. The van der Waals surface area contributed by atoms with Crippen molar-refractivity contribution in [1.82, 2.24) is 14.4 Å². The van der Waals surface area contributed by atoms with Gasteiger partial charge in [0.15, 0.2) is 0 Å². The molecule has 0 atom stereocenters. The van der Waals surface area contributed by atoms with Crippen LogP contribution in [0.4, 0.5) is 0 Å². The molecule has 3 heteroatoms. The Balaban J connectivity index is 2.86. The molecular weight excluding hydrogens is 138 g/mol. The van der Waals surface area contributed by atoms with Gasteiger partial charge in [0.1, 0.15) is 0 Å². The molecule has 0 spiro atoms. The van der Waals surface area contributed by atoms with Gasteiger partial charge in [-0.05, 0) is 5.56 Å². The summed E-state index contributed by atoms with van der Waals surface area (Å²) in [4.78, 5) is 7.88. The molecule has 0 N–H and O–H groups in total. The first-order valence-electron chi connectivity index (χ1n) is 3.12. The molecule has 52 valence electrons. The summed E-state index contributed by atoms with van der Waals surface area (Å²) in [5.41, 5.74) is 0.791. The van der Waals surface area contributed by atoms with E-state index in [0.717, 1.165) is 0 Å². The maximum absolute atomic E-state index is 5.51. The molecule has 0 aliphatic heterocycles. The third-order valence-corrected chi connectivity index (χ3v) is 1.44. The Labute approximate surface area is 64.7 Å². The predicted octanol–water partition coefficient (Wildman–Crippen LogP) is 0.848. The molecule has 0 saturated heterocycles. The van der Waals surface area contributed by atoms with Gasteiger partial charge in [0.05, 0.1) is 5.69 Å². The Morgan fingerprint density at radius 2 is 2.18 bits per heavy atom. The summed E-state index contributed by atoms with van der Waals surface area (Å²) >= 11 is 0. The van der Waals surface area contributed by atoms with Crippen LogP contribution in [-0.2, 0) is 0 Å². The average Bonchev–Trinajstić information content (AvgIpc) is 2.36. The topological polar surface area (TPSA) is 30.2 Å². The summed E-state index contributed by atoms with van der Waals surface area (Å²) in [6.45, 7) is 11.0. The van der Waals surface area contributed by atoms with Crippen LogP contribution in [-0.4, -0.2) is 14.4 Å². The van der Waals surface area contributed by atoms with Crippen molar-refractivity contribution in [3.8, 4) is 0 Å². The van der Waals surface area contributed by atoms with Gasteiger partial charge < -0.3 is 0 Å². The van der Waals surface area contributed by atoms with Crippen LogP contribution in [0.2, 0.25) is 0 Å². The van der Waals surface area contributed by atoms with E-state index in [1.807, 2.05) is 0 Å². The van der Waals surface area contributed by atoms with Crippen LogP contribution >= 0.6 is 0 Å². The SMILES string of the molecule is [CH]c1cn2ccnc2nc1[CH]. The van der Waals surface area contributed by atoms with Crippen LogP contribution in [0.25, 0.3) is 5.78 Å². The number of imidazole rings is 1. The number of hydrogen-bond donors (Lipinski definition) is 0. The molecule has 0 saturated carbocycles. The number of rotatable bonds is 0. The first-order valence-corrected chi connectivity index (χ1v) is 3.12. The van der Waals surface area contributed by atoms with E-state index in [4.69, 9.17) is 13.8 Å². The van der Waals surface area contributed by atoms with Crippen molar-refractivity contribution in [1.29, 1.82) is 0 Å². The lowest BCUT2D eigenvalue weighted by Crippen LogP contribution is -1.93. The lowest BCUT2D eigenvalue weighted by molar-refractivity contribution is 1.08. The Kier molecular flexibility index (Phi) is 1.18. The van der Waals surface area contributed by atoms with Crippen LogP contribution in [0.3, 0.4) is 0 Å². The summed E-state index contributed by atoms with van der Waals surface area (Å²) in [6.07, 6.45) is 5.09. The smallest absolute Gasteiger partial charge is 0.233 e. The zero-order chi connectivity index (χ0) is 7.84. The highest BCUT2D eigenvalue weighted by Gasteiger charge is 1.98. The predicted molar refractivity (Wildman–Crippen MR) is 39.8 cm³/mol. The van der Waals surface area contributed by atoms with E-state index in [2.05, 4.69) is 9.97 Å². The minimum Gasteiger partial charge on any atom is -0.291 e. The second-order valence-corrected chi connectivity index (χ2v) is 2.22. The molecule has 0 amide bonds. The van der Waals surface area contributed by atoms with Crippen LogP contribution in [0, 0.1) is 13.8 Å². The van der Waals surface area contributed by atoms with Gasteiger partial charge in [0.2, 0.25) is 5.78 Å². The van der Waals surface area contributed by atoms with E-state index in [9.17, 15) is 0 Å². The first kappa shape index (κ1) is 6.34. The standard InChI is InChI=1S/C8H5N3/c1-6-5-11-4-3-9-8(11)10-7(6)2/h1-5H. The van der Waals surface area contributed by atoms with Crippen molar-refractivity contribution >= 4 is 5.78 Å². The molecule has 0 aliphatic rings. The molecule has 0 aliphatic carbocycles. The van der Waals surface area contributed by atoms with Crippen molar-refractivity contribution in [2.75, 3.05) is 0 Å². The Morgan fingerprint density at radius 1 is 1.36 bits per heavy atom. The summed E-state index contributed by atoms with van der Waals surface area (Å²) in [7, 11) is 0. The zero-order valence-electron chi connectivity index (χ0n) is 5.73. The monoisotopic (exact) mass is 143 g/mol. The molecular formula is C8H5N3. The molecule has 11 heavy (non-hydrogen) atoms. The maximum atomic E-state index is 5.51. The lowest BCUT2D eigenvalue weighted by Gasteiger charge is -1.97. The van der Waals surface area contributed by atoms with Gasteiger partial charge in [-0.25, -0.2) is 9.97 Å². The van der Waals surface area contributed by atoms with E-state index >= 15 is 0 Å². The summed E-state index contributed by atoms with van der Waals surface area (Å²) < 4.78 is 1.71. The second-order valence-electron chi connectivity index (χ2n) is 2.22. The van der Waals surface area contributed by atoms with Gasteiger partial charge in [-0.2, -0.15) is 0 Å². The van der Waals surface area contributed by atoms with Crippen molar-refractivity contribution in [3.05, 3.63) is 43.7 Å². The fourth-order valence-electron chi connectivity index (χ4n) is 0.881. The van der Waals surface area contributed by atoms with Gasteiger partial charge in [-0.3, -0.25) is 4.40 Å². The van der Waals surface area contributed by atoms with Gasteiger partial charge in [0, 0.05) is 32.4 Å². The Hall–Kier alpha value is -1.38. The number of fused-ring (bicyclic) bond motifs is 1. The molecule has 3 nitrogen and oxygen atoms in total. The highest BCUT2D eigenvalue weighted by molar-refractivity contribution is 5.35. The summed E-state index contributed by atoms with van der Waals surface area (Å²) in [5.74, 6) is 0.566. The molecule has 0 fully saturated rings. The van der Waals surface area contributed by atoms with E-state index < -0.39 is 0 Å². The third-order valence-electron chi connectivity index (χ3n) is 1.44. The summed E-state index contributed by atoms with van der Waals surface area (Å²) in [5, 5.41) is 0. The molecule has 2 aromatic rings. The second kappa shape index (κ2) is 2.05. The zero-order valence-corrected chi connectivity index (χ0v) is 5.73. The minimum absolute atomic E-state index is 0.323. The Bertz CT molecular complexity index is 353. The van der Waals surface area contributed by atoms with E-state index in [1.54, 1.807) is 23.0 Å². The maximum Gasteiger partial charge on any atom is 0.233 e. The highest BCUT2D eigenvalue weighted by Crippen LogP contribution is 2.04. The molecule has 2 heterocycles. The quantitative estimate of drug-likeness (QED) is 0.547. The Morgan fingerprint density at radius 3 is 3.00 bits per heavy atom. The number of hydrogen-bond acceptors (Lipinski definition) is 2. The average molecular weight is 143 g/mol. The fourth-order valence-corrected chi connectivity index (χ4v) is 0.881. The molecule has 2 aromatic heterocycles. The largest absolute Gasteiger partial charge is 0.291 e. The van der Waals surface area contributed by atoms with Gasteiger partial charge >= 0.3 is 0 Å². The van der Waals surface area contributed by atoms with E-state index in [1.165, 1.54) is 0 Å². The highest BCUT2D eigenvalue weighted by atomic mass is 15.1. The van der Waals surface area contributed by atoms with Crippen LogP contribution in [0.5, 0.6) is 0 Å². The van der Waals surface area contributed by atoms with E-state index in [0.29, 0.717) is 17.0 Å². The molecule has 0 bridgehead atoms. The minimum atomic E-state index is 0.323. The van der Waals surface area contributed by atoms with Crippen molar-refractivity contribution in [2.24, 2.45) is 0 Å². The number of nitrogens with zero attached hydrogens (tertiary/aromatic N) is 3. The van der Waals surface area contributed by atoms with Crippen molar-refractivity contribution < 1.29 is 0 Å². The van der Waals surface area contributed by atoms with Gasteiger partial charge in [-0.15, -0.1) is 0 Å². The summed E-state index contributed by atoms with van der Waals surface area (Å²) in [6, 6.07) is 0. The van der Waals surface area contributed by atoms with Crippen LogP contribution < -0.4 is 0 Å². The van der Waals surface area contributed by atoms with Crippen LogP contribution in [0.1, 0.15) is 11.3 Å². The molecule has 0 unspecified atom stereocenters. The first-order chi connectivity index (χ1) is 5.27. The van der Waals surface area contributed by atoms with Crippen molar-refractivity contribution in [3.63, 3.8) is 0 Å². The van der Waals surface area contributed by atoms with Gasteiger partial charge in [0.25, 0.3) is 0 Å². The normalized spacial score (nSPS) is 10.7. The fraction of sp³-hybridized carbons (Fsp3) is 0. The molecule has 0 aromatic carbocycles. The molecule has 4 radical (unpaired) electrons. The van der Waals surface area contributed by atoms with Crippen molar-refractivity contribution in [2.45, 2.75) is 0 Å². The van der Waals surface area contributed by atoms with Gasteiger partial charge in [-0.1, -0.05) is 0 Å². The number of aromatic nitrogens is 3. The van der Waals surface area contributed by atoms with E-state index in [-0.39, 0.29) is 0 Å².